The molecule has 0 N–H and O–H groups in total. The van der Waals surface area contributed by atoms with Crippen LogP contribution in [0.2, 0.25) is 0 Å². The molecule has 3 aromatic rings. The number of amides is 1. The maximum absolute atomic E-state index is 13.2. The first-order valence-electron chi connectivity index (χ1n) is 10.1. The molecule has 0 spiro atoms. The summed E-state index contributed by atoms with van der Waals surface area (Å²) in [6.07, 6.45) is 0.983. The van der Waals surface area contributed by atoms with Crippen molar-refractivity contribution in [3.63, 3.8) is 0 Å². The number of carbonyl (C=O) groups excluding carboxylic acids is 1. The molecule has 1 aliphatic rings. The van der Waals surface area contributed by atoms with Crippen LogP contribution in [0.15, 0.2) is 39.1 Å². The maximum Gasteiger partial charge on any atom is 0.255 e. The summed E-state index contributed by atoms with van der Waals surface area (Å²) in [5, 5.41) is 7.26. The first kappa shape index (κ1) is 21.0. The van der Waals surface area contributed by atoms with Crippen LogP contribution >= 0.6 is 23.1 Å². The Bertz CT molecular complexity index is 995. The fraction of sp³-hybridized carbons (Fsp3) is 0.429. The van der Waals surface area contributed by atoms with E-state index in [9.17, 15) is 4.79 Å². The Hall–Kier alpha value is -2.23. The molecule has 9 heteroatoms. The normalized spacial score (nSPS) is 14.9. The number of nitrogens with zero attached hydrogens (tertiary/aromatic N) is 5. The minimum absolute atomic E-state index is 0.0870. The summed E-state index contributed by atoms with van der Waals surface area (Å²) in [6.45, 7) is 7.94. The van der Waals surface area contributed by atoms with Gasteiger partial charge in [0.2, 0.25) is 5.89 Å². The van der Waals surface area contributed by atoms with Gasteiger partial charge in [0.15, 0.2) is 5.82 Å². The van der Waals surface area contributed by atoms with E-state index in [-0.39, 0.29) is 5.91 Å². The summed E-state index contributed by atoms with van der Waals surface area (Å²) in [6, 6.07) is 7.76. The Labute approximate surface area is 184 Å². The van der Waals surface area contributed by atoms with Crippen molar-refractivity contribution in [2.45, 2.75) is 37.5 Å². The van der Waals surface area contributed by atoms with Crippen molar-refractivity contribution < 1.29 is 9.32 Å². The van der Waals surface area contributed by atoms with Crippen molar-refractivity contribution in [3.05, 3.63) is 57.6 Å². The molecule has 7 nitrogen and oxygen atoms in total. The Balaban J connectivity index is 1.34. The number of thiazole rings is 1. The van der Waals surface area contributed by atoms with Crippen LogP contribution in [0.1, 0.15) is 39.7 Å². The molecule has 1 saturated heterocycles. The molecule has 4 rings (SSSR count). The van der Waals surface area contributed by atoms with Gasteiger partial charge in [-0.3, -0.25) is 9.69 Å². The first-order valence-corrected chi connectivity index (χ1v) is 11.9. The zero-order chi connectivity index (χ0) is 20.9. The molecule has 1 amide bonds. The number of benzene rings is 1. The van der Waals surface area contributed by atoms with Gasteiger partial charge in [0, 0.05) is 49.9 Å². The van der Waals surface area contributed by atoms with Crippen LogP contribution in [0.4, 0.5) is 0 Å². The first-order chi connectivity index (χ1) is 14.6. The zero-order valence-corrected chi connectivity index (χ0v) is 18.8. The Morgan fingerprint density at radius 1 is 1.20 bits per heavy atom. The summed E-state index contributed by atoms with van der Waals surface area (Å²) in [7, 11) is 0. The van der Waals surface area contributed by atoms with Crippen LogP contribution in [0.3, 0.4) is 0 Å². The van der Waals surface area contributed by atoms with Crippen LogP contribution < -0.4 is 0 Å². The lowest BCUT2D eigenvalue weighted by Gasteiger charge is -2.34. The summed E-state index contributed by atoms with van der Waals surface area (Å²) in [5.74, 6) is 1.85. The number of carbonyl (C=O) groups is 1. The fourth-order valence-corrected chi connectivity index (χ4v) is 5.03. The third kappa shape index (κ3) is 5.08. The largest absolute Gasteiger partial charge is 0.340 e. The molecular weight excluding hydrogens is 418 g/mol. The molecule has 1 fully saturated rings. The van der Waals surface area contributed by atoms with Crippen molar-refractivity contribution in [2.75, 3.05) is 26.2 Å². The van der Waals surface area contributed by atoms with Crippen molar-refractivity contribution in [1.29, 1.82) is 0 Å². The summed E-state index contributed by atoms with van der Waals surface area (Å²) >= 11 is 3.29. The highest BCUT2D eigenvalue weighted by atomic mass is 32.2. The standard InChI is InChI=1S/C21H25N5O2S2/c1-3-20-23-16(13-30-20)12-25-8-10-26(11-9-25)21(27)17-6-4-5-7-18(17)29-14-19-22-15(2)28-24-19/h4-7,13H,3,8-12,14H2,1-2H3. The molecular formula is C21H25N5O2S2. The Kier molecular flexibility index (Phi) is 6.81. The lowest BCUT2D eigenvalue weighted by atomic mass is 10.1. The number of thioether (sulfide) groups is 1. The topological polar surface area (TPSA) is 75.4 Å². The summed E-state index contributed by atoms with van der Waals surface area (Å²) in [4.78, 5) is 27.3. The predicted molar refractivity (Wildman–Crippen MR) is 118 cm³/mol. The van der Waals surface area contributed by atoms with Crippen molar-refractivity contribution >= 4 is 29.0 Å². The molecule has 0 bridgehead atoms. The molecule has 0 atom stereocenters. The van der Waals surface area contributed by atoms with E-state index in [0.717, 1.165) is 55.3 Å². The summed E-state index contributed by atoms with van der Waals surface area (Å²) in [5.41, 5.74) is 1.87. The molecule has 0 saturated carbocycles. The number of aromatic nitrogens is 3. The average molecular weight is 444 g/mol. The maximum atomic E-state index is 13.2. The molecule has 1 aromatic carbocycles. The van der Waals surface area contributed by atoms with Gasteiger partial charge in [-0.15, -0.1) is 23.1 Å². The predicted octanol–water partition coefficient (Wildman–Crippen LogP) is 3.65. The van der Waals surface area contributed by atoms with E-state index < -0.39 is 0 Å². The van der Waals surface area contributed by atoms with E-state index in [1.54, 1.807) is 30.0 Å². The molecule has 158 valence electrons. The van der Waals surface area contributed by atoms with Crippen molar-refractivity contribution in [1.82, 2.24) is 24.9 Å². The van der Waals surface area contributed by atoms with Gasteiger partial charge in [-0.05, 0) is 18.6 Å². The van der Waals surface area contributed by atoms with E-state index in [2.05, 4.69) is 32.3 Å². The average Bonchev–Trinajstić information content (AvgIpc) is 3.41. The monoisotopic (exact) mass is 443 g/mol. The van der Waals surface area contributed by atoms with Crippen LogP contribution in [0, 0.1) is 6.92 Å². The van der Waals surface area contributed by atoms with Gasteiger partial charge in [-0.1, -0.05) is 24.2 Å². The zero-order valence-electron chi connectivity index (χ0n) is 17.2. The SMILES string of the molecule is CCc1nc(CN2CCN(C(=O)c3ccccc3SCc3noc(C)n3)CC2)cs1. The lowest BCUT2D eigenvalue weighted by molar-refractivity contribution is 0.0624. The third-order valence-electron chi connectivity index (χ3n) is 4.99. The molecule has 0 aliphatic carbocycles. The molecule has 0 unspecified atom stereocenters. The minimum atomic E-state index is 0.0870. The second kappa shape index (κ2) is 9.72. The van der Waals surface area contributed by atoms with E-state index in [4.69, 9.17) is 4.52 Å². The van der Waals surface area contributed by atoms with E-state index in [1.807, 2.05) is 29.2 Å². The second-order valence-electron chi connectivity index (χ2n) is 7.17. The number of aryl methyl sites for hydroxylation is 2. The van der Waals surface area contributed by atoms with Crippen molar-refractivity contribution in [2.24, 2.45) is 0 Å². The van der Waals surface area contributed by atoms with Gasteiger partial charge in [0.05, 0.1) is 22.0 Å². The van der Waals surface area contributed by atoms with Gasteiger partial charge in [0.25, 0.3) is 5.91 Å². The number of hydrogen-bond acceptors (Lipinski definition) is 8. The van der Waals surface area contributed by atoms with E-state index >= 15 is 0 Å². The van der Waals surface area contributed by atoms with Gasteiger partial charge in [-0.2, -0.15) is 4.98 Å². The van der Waals surface area contributed by atoms with Crippen LogP contribution in [-0.2, 0) is 18.7 Å². The molecule has 1 aliphatic heterocycles. The Morgan fingerprint density at radius 2 is 2.00 bits per heavy atom. The lowest BCUT2D eigenvalue weighted by Crippen LogP contribution is -2.48. The highest BCUT2D eigenvalue weighted by Crippen LogP contribution is 2.27. The minimum Gasteiger partial charge on any atom is -0.340 e. The number of hydrogen-bond donors (Lipinski definition) is 0. The molecule has 30 heavy (non-hydrogen) atoms. The smallest absolute Gasteiger partial charge is 0.255 e. The fourth-order valence-electron chi connectivity index (χ4n) is 3.40. The van der Waals surface area contributed by atoms with Gasteiger partial charge >= 0.3 is 0 Å². The quantitative estimate of drug-likeness (QED) is 0.516. The second-order valence-corrected chi connectivity index (χ2v) is 9.13. The van der Waals surface area contributed by atoms with E-state index in [1.165, 1.54) is 5.01 Å². The highest BCUT2D eigenvalue weighted by Gasteiger charge is 2.24. The van der Waals surface area contributed by atoms with Crippen LogP contribution in [-0.4, -0.2) is 57.0 Å². The van der Waals surface area contributed by atoms with Crippen LogP contribution in [0.25, 0.3) is 0 Å². The highest BCUT2D eigenvalue weighted by molar-refractivity contribution is 7.98. The number of rotatable bonds is 7. The van der Waals surface area contributed by atoms with Gasteiger partial charge < -0.3 is 9.42 Å². The van der Waals surface area contributed by atoms with E-state index in [0.29, 0.717) is 17.5 Å². The third-order valence-corrected chi connectivity index (χ3v) is 7.10. The Morgan fingerprint density at radius 3 is 2.70 bits per heavy atom. The van der Waals surface area contributed by atoms with Crippen molar-refractivity contribution in [3.8, 4) is 0 Å². The summed E-state index contributed by atoms with van der Waals surface area (Å²) < 4.78 is 5.03. The number of piperazine rings is 1. The van der Waals surface area contributed by atoms with Crippen LogP contribution in [0.5, 0.6) is 0 Å². The van der Waals surface area contributed by atoms with Gasteiger partial charge in [-0.25, -0.2) is 4.98 Å². The molecule has 3 heterocycles. The molecule has 0 radical (unpaired) electrons. The molecule has 2 aromatic heterocycles. The van der Waals surface area contributed by atoms with Gasteiger partial charge in [0.1, 0.15) is 0 Å².